The van der Waals surface area contributed by atoms with E-state index in [0.717, 1.165) is 18.1 Å². The van der Waals surface area contributed by atoms with Crippen LogP contribution in [-0.2, 0) is 11.3 Å². The number of rotatable bonds is 7. The number of carbonyl (C=O) groups is 1. The van der Waals surface area contributed by atoms with Crippen molar-refractivity contribution in [3.63, 3.8) is 0 Å². The summed E-state index contributed by atoms with van der Waals surface area (Å²) in [7, 11) is 1.76. The molecule has 7 heteroatoms. The number of carbonyl (C=O) groups excluding carboxylic acids is 1. The molecule has 1 aromatic heterocycles. The van der Waals surface area contributed by atoms with Crippen molar-refractivity contribution in [3.8, 4) is 0 Å². The minimum atomic E-state index is -0.290. The molecule has 5 nitrogen and oxygen atoms in total. The number of aliphatic imine (C=N–C) groups is 1. The van der Waals surface area contributed by atoms with Crippen molar-refractivity contribution in [3.05, 3.63) is 57.8 Å². The zero-order valence-corrected chi connectivity index (χ0v) is 18.5. The summed E-state index contributed by atoms with van der Waals surface area (Å²) in [6.07, 6.45) is 0. The Hall–Kier alpha value is -1.61. The summed E-state index contributed by atoms with van der Waals surface area (Å²) in [6, 6.07) is 11.6. The third-order valence-corrected chi connectivity index (χ3v) is 4.86. The van der Waals surface area contributed by atoms with Gasteiger partial charge in [0.05, 0.1) is 12.2 Å². The number of guanidine groups is 1. The molecule has 0 saturated heterocycles. The van der Waals surface area contributed by atoms with Crippen LogP contribution in [0.25, 0.3) is 0 Å². The largest absolute Gasteiger partial charge is 0.462 e. The van der Waals surface area contributed by atoms with Crippen LogP contribution in [0, 0.1) is 0 Å². The maximum atomic E-state index is 11.6. The van der Waals surface area contributed by atoms with Crippen molar-refractivity contribution in [2.45, 2.75) is 26.3 Å². The monoisotopic (exact) mass is 487 g/mol. The van der Waals surface area contributed by atoms with Gasteiger partial charge in [-0.05, 0) is 36.1 Å². The van der Waals surface area contributed by atoms with Crippen LogP contribution in [0.3, 0.4) is 0 Å². The van der Waals surface area contributed by atoms with Crippen molar-refractivity contribution >= 4 is 47.2 Å². The van der Waals surface area contributed by atoms with Crippen LogP contribution in [0.15, 0.2) is 46.8 Å². The van der Waals surface area contributed by atoms with E-state index in [2.05, 4.69) is 40.1 Å². The van der Waals surface area contributed by atoms with Gasteiger partial charge in [0.25, 0.3) is 0 Å². The molecule has 1 aromatic carbocycles. The van der Waals surface area contributed by atoms with Crippen LogP contribution in [-0.4, -0.2) is 32.1 Å². The molecule has 0 aliphatic heterocycles. The van der Waals surface area contributed by atoms with Crippen LogP contribution in [0.5, 0.6) is 0 Å². The SMILES string of the molecule is CCOC(=O)c1ccc(CNC(=NC)NCC(C)c2cccs2)cc1.I. The van der Waals surface area contributed by atoms with E-state index in [1.165, 1.54) is 4.88 Å². The fraction of sp³-hybridized carbons (Fsp3) is 0.368. The number of halogens is 1. The third kappa shape index (κ3) is 6.95. The number of hydrogen-bond acceptors (Lipinski definition) is 4. The molecular formula is C19H26IN3O2S. The number of thiophene rings is 1. The third-order valence-electron chi connectivity index (χ3n) is 3.75. The molecule has 142 valence electrons. The maximum Gasteiger partial charge on any atom is 0.338 e. The summed E-state index contributed by atoms with van der Waals surface area (Å²) in [5.41, 5.74) is 1.64. The Bertz CT molecular complexity index is 687. The van der Waals surface area contributed by atoms with Gasteiger partial charge in [-0.15, -0.1) is 35.3 Å². The van der Waals surface area contributed by atoms with Crippen molar-refractivity contribution in [2.24, 2.45) is 4.99 Å². The molecule has 2 rings (SSSR count). The van der Waals surface area contributed by atoms with Crippen molar-refractivity contribution < 1.29 is 9.53 Å². The molecule has 2 N–H and O–H groups in total. The van der Waals surface area contributed by atoms with E-state index in [0.29, 0.717) is 24.6 Å². The topological polar surface area (TPSA) is 62.7 Å². The Morgan fingerprint density at radius 2 is 1.96 bits per heavy atom. The lowest BCUT2D eigenvalue weighted by Gasteiger charge is -2.15. The highest BCUT2D eigenvalue weighted by Crippen LogP contribution is 2.19. The molecule has 0 aliphatic carbocycles. The summed E-state index contributed by atoms with van der Waals surface area (Å²) >= 11 is 1.77. The Balaban J connectivity index is 0.00000338. The maximum absolute atomic E-state index is 11.6. The Kier molecular flexibility index (Phi) is 10.3. The standard InChI is InChI=1S/C19H25N3O2S.HI/c1-4-24-18(23)16-9-7-15(8-10-16)13-22-19(20-3)21-12-14(2)17-6-5-11-25-17;/h5-11,14H,4,12-13H2,1-3H3,(H2,20,21,22);1H. The molecule has 1 unspecified atom stereocenters. The van der Waals surface area contributed by atoms with E-state index < -0.39 is 0 Å². The summed E-state index contributed by atoms with van der Waals surface area (Å²) in [4.78, 5) is 17.3. The van der Waals surface area contributed by atoms with Crippen LogP contribution in [0.2, 0.25) is 0 Å². The molecule has 26 heavy (non-hydrogen) atoms. The molecule has 0 saturated carbocycles. The van der Waals surface area contributed by atoms with Gasteiger partial charge in [0, 0.05) is 30.9 Å². The van der Waals surface area contributed by atoms with E-state index in [-0.39, 0.29) is 29.9 Å². The summed E-state index contributed by atoms with van der Waals surface area (Å²) in [5, 5.41) is 8.73. The molecule has 1 atom stereocenters. The highest BCUT2D eigenvalue weighted by Gasteiger charge is 2.08. The fourth-order valence-electron chi connectivity index (χ4n) is 2.30. The van der Waals surface area contributed by atoms with Gasteiger partial charge in [-0.1, -0.05) is 25.1 Å². The quantitative estimate of drug-likeness (QED) is 0.268. The van der Waals surface area contributed by atoms with Gasteiger partial charge in [0.15, 0.2) is 5.96 Å². The summed E-state index contributed by atoms with van der Waals surface area (Å²) in [5.74, 6) is 0.905. The molecule has 2 aromatic rings. The first kappa shape index (κ1) is 22.4. The molecular weight excluding hydrogens is 461 g/mol. The van der Waals surface area contributed by atoms with E-state index in [1.807, 2.05) is 12.1 Å². The molecule has 1 heterocycles. The number of benzene rings is 1. The summed E-state index contributed by atoms with van der Waals surface area (Å²) in [6.45, 7) is 5.83. The van der Waals surface area contributed by atoms with Crippen molar-refractivity contribution in [1.82, 2.24) is 10.6 Å². The average Bonchev–Trinajstić information content (AvgIpc) is 3.17. The first-order valence-electron chi connectivity index (χ1n) is 8.38. The van der Waals surface area contributed by atoms with Gasteiger partial charge in [0.2, 0.25) is 0 Å². The molecule has 0 spiro atoms. The van der Waals surface area contributed by atoms with Crippen LogP contribution >= 0.6 is 35.3 Å². The van der Waals surface area contributed by atoms with Gasteiger partial charge < -0.3 is 15.4 Å². The average molecular weight is 487 g/mol. The molecule has 0 bridgehead atoms. The van der Waals surface area contributed by atoms with E-state index in [1.54, 1.807) is 37.4 Å². The number of nitrogens with one attached hydrogen (secondary N) is 2. The van der Waals surface area contributed by atoms with Gasteiger partial charge in [-0.2, -0.15) is 0 Å². The van der Waals surface area contributed by atoms with Crippen LogP contribution < -0.4 is 10.6 Å². The van der Waals surface area contributed by atoms with Gasteiger partial charge in [-0.3, -0.25) is 4.99 Å². The molecule has 0 fully saturated rings. The second-order valence-electron chi connectivity index (χ2n) is 5.64. The Morgan fingerprint density at radius 1 is 1.23 bits per heavy atom. The second-order valence-corrected chi connectivity index (χ2v) is 6.62. The van der Waals surface area contributed by atoms with E-state index >= 15 is 0 Å². The predicted octanol–water partition coefficient (Wildman–Crippen LogP) is 4.01. The number of esters is 1. The molecule has 0 radical (unpaired) electrons. The predicted molar refractivity (Wildman–Crippen MR) is 119 cm³/mol. The van der Waals surface area contributed by atoms with E-state index in [9.17, 15) is 4.79 Å². The first-order valence-corrected chi connectivity index (χ1v) is 9.26. The lowest BCUT2D eigenvalue weighted by atomic mass is 10.1. The smallest absolute Gasteiger partial charge is 0.338 e. The normalized spacial score (nSPS) is 12.0. The Morgan fingerprint density at radius 3 is 2.54 bits per heavy atom. The molecule has 0 amide bonds. The van der Waals surface area contributed by atoms with Crippen molar-refractivity contribution in [2.75, 3.05) is 20.2 Å². The first-order chi connectivity index (χ1) is 12.1. The van der Waals surface area contributed by atoms with E-state index in [4.69, 9.17) is 4.74 Å². The minimum Gasteiger partial charge on any atom is -0.462 e. The summed E-state index contributed by atoms with van der Waals surface area (Å²) < 4.78 is 4.99. The van der Waals surface area contributed by atoms with Crippen LogP contribution in [0.4, 0.5) is 0 Å². The number of nitrogens with zero attached hydrogens (tertiary/aromatic N) is 1. The van der Waals surface area contributed by atoms with Gasteiger partial charge in [0.1, 0.15) is 0 Å². The van der Waals surface area contributed by atoms with Gasteiger partial charge >= 0.3 is 5.97 Å². The van der Waals surface area contributed by atoms with Crippen LogP contribution in [0.1, 0.15) is 40.6 Å². The number of hydrogen-bond donors (Lipinski definition) is 2. The zero-order valence-electron chi connectivity index (χ0n) is 15.3. The highest BCUT2D eigenvalue weighted by molar-refractivity contribution is 14.0. The fourth-order valence-corrected chi connectivity index (χ4v) is 3.09. The molecule has 0 aliphatic rings. The minimum absolute atomic E-state index is 0. The lowest BCUT2D eigenvalue weighted by Crippen LogP contribution is -2.38. The second kappa shape index (κ2) is 11.9. The Labute approximate surface area is 176 Å². The lowest BCUT2D eigenvalue weighted by molar-refractivity contribution is 0.0526. The highest BCUT2D eigenvalue weighted by atomic mass is 127. The van der Waals surface area contributed by atoms with Gasteiger partial charge in [-0.25, -0.2) is 4.79 Å². The van der Waals surface area contributed by atoms with Crippen molar-refractivity contribution in [1.29, 1.82) is 0 Å². The number of ether oxygens (including phenoxy) is 1. The zero-order chi connectivity index (χ0) is 18.1.